The van der Waals surface area contributed by atoms with Gasteiger partial charge in [0.25, 0.3) is 0 Å². The van der Waals surface area contributed by atoms with Crippen molar-refractivity contribution in [3.63, 3.8) is 0 Å². The number of nitriles is 1. The Morgan fingerprint density at radius 3 is 2.62 bits per heavy atom. The molecule has 3 rings (SSSR count). The third-order valence-corrected chi connectivity index (χ3v) is 4.08. The van der Waals surface area contributed by atoms with Gasteiger partial charge in [-0.1, -0.05) is 0 Å². The number of esters is 1. The molecule has 0 aromatic heterocycles. The highest BCUT2D eigenvalue weighted by Crippen LogP contribution is 2.23. The number of benzene rings is 1. The van der Waals surface area contributed by atoms with Crippen LogP contribution in [-0.2, 0) is 9.53 Å². The third kappa shape index (κ3) is 2.69. The van der Waals surface area contributed by atoms with Gasteiger partial charge in [0, 0.05) is 32.6 Å². The molecule has 1 aromatic carbocycles. The standard InChI is InChI=1S/C15H16FN3O2/c16-12-9-11(10-17)1-2-13(12)18-4-6-19(7-5-18)14-3-8-21-15(14)20/h1-2,9,14H,3-8H2. The van der Waals surface area contributed by atoms with Gasteiger partial charge < -0.3 is 9.64 Å². The molecule has 1 unspecified atom stereocenters. The van der Waals surface area contributed by atoms with Gasteiger partial charge in [-0.3, -0.25) is 9.69 Å². The SMILES string of the molecule is N#Cc1ccc(N2CCN(C3CCOC3=O)CC2)c(F)c1. The van der Waals surface area contributed by atoms with Crippen molar-refractivity contribution in [1.29, 1.82) is 5.26 Å². The summed E-state index contributed by atoms with van der Waals surface area (Å²) in [5.41, 5.74) is 0.839. The van der Waals surface area contributed by atoms with Crippen LogP contribution in [0.3, 0.4) is 0 Å². The fourth-order valence-electron chi connectivity index (χ4n) is 2.92. The average molecular weight is 289 g/mol. The molecule has 0 amide bonds. The van der Waals surface area contributed by atoms with Crippen molar-refractivity contribution >= 4 is 11.7 Å². The summed E-state index contributed by atoms with van der Waals surface area (Å²) in [5, 5.41) is 8.76. The van der Waals surface area contributed by atoms with Crippen molar-refractivity contribution in [1.82, 2.24) is 4.90 Å². The molecule has 1 aromatic rings. The van der Waals surface area contributed by atoms with Crippen molar-refractivity contribution < 1.29 is 13.9 Å². The number of carbonyl (C=O) groups excluding carboxylic acids is 1. The molecule has 2 fully saturated rings. The van der Waals surface area contributed by atoms with Gasteiger partial charge in [-0.05, 0) is 18.2 Å². The van der Waals surface area contributed by atoms with E-state index in [1.165, 1.54) is 6.07 Å². The van der Waals surface area contributed by atoms with Crippen LogP contribution >= 0.6 is 0 Å². The van der Waals surface area contributed by atoms with Gasteiger partial charge in [-0.15, -0.1) is 0 Å². The third-order valence-electron chi connectivity index (χ3n) is 4.08. The number of ether oxygens (including phenoxy) is 1. The number of carbonyl (C=O) groups is 1. The van der Waals surface area contributed by atoms with Crippen molar-refractivity contribution in [2.45, 2.75) is 12.5 Å². The molecule has 0 spiro atoms. The molecule has 1 atom stereocenters. The Morgan fingerprint density at radius 2 is 2.05 bits per heavy atom. The van der Waals surface area contributed by atoms with Gasteiger partial charge in [0.05, 0.1) is 23.9 Å². The minimum atomic E-state index is -0.372. The number of hydrogen-bond donors (Lipinski definition) is 0. The van der Waals surface area contributed by atoms with Crippen molar-refractivity contribution in [3.05, 3.63) is 29.6 Å². The molecule has 2 saturated heterocycles. The smallest absolute Gasteiger partial charge is 0.323 e. The molecule has 0 saturated carbocycles. The monoisotopic (exact) mass is 289 g/mol. The lowest BCUT2D eigenvalue weighted by Gasteiger charge is -2.37. The quantitative estimate of drug-likeness (QED) is 0.764. The number of cyclic esters (lactones) is 1. The summed E-state index contributed by atoms with van der Waals surface area (Å²) in [6.45, 7) is 3.23. The Hall–Kier alpha value is -2.13. The first-order valence-corrected chi connectivity index (χ1v) is 7.04. The van der Waals surface area contributed by atoms with E-state index in [1.54, 1.807) is 12.1 Å². The van der Waals surface area contributed by atoms with Crippen LogP contribution in [0, 0.1) is 17.1 Å². The predicted molar refractivity (Wildman–Crippen MR) is 74.3 cm³/mol. The van der Waals surface area contributed by atoms with Crippen LogP contribution in [0.4, 0.5) is 10.1 Å². The Kier molecular flexibility index (Phi) is 3.76. The predicted octanol–water partition coefficient (Wildman–Crippen LogP) is 1.13. The second-order valence-corrected chi connectivity index (χ2v) is 5.27. The minimum absolute atomic E-state index is 0.141. The van der Waals surface area contributed by atoms with Crippen LogP contribution in [-0.4, -0.2) is 49.7 Å². The molecule has 0 radical (unpaired) electrons. The summed E-state index contributed by atoms with van der Waals surface area (Å²) in [4.78, 5) is 15.6. The highest BCUT2D eigenvalue weighted by Gasteiger charge is 2.34. The largest absolute Gasteiger partial charge is 0.464 e. The fourth-order valence-corrected chi connectivity index (χ4v) is 2.92. The molecule has 2 aliphatic heterocycles. The fraction of sp³-hybridized carbons (Fsp3) is 0.467. The molecule has 2 aliphatic rings. The second-order valence-electron chi connectivity index (χ2n) is 5.27. The summed E-state index contributed by atoms with van der Waals surface area (Å²) in [5.74, 6) is -0.518. The Labute approximate surface area is 122 Å². The van der Waals surface area contributed by atoms with E-state index in [0.717, 1.165) is 6.42 Å². The van der Waals surface area contributed by atoms with E-state index in [9.17, 15) is 9.18 Å². The maximum absolute atomic E-state index is 14.0. The number of anilines is 1. The van der Waals surface area contributed by atoms with Gasteiger partial charge >= 0.3 is 5.97 Å². The number of piperazine rings is 1. The molecule has 21 heavy (non-hydrogen) atoms. The number of halogens is 1. The Morgan fingerprint density at radius 1 is 1.29 bits per heavy atom. The van der Waals surface area contributed by atoms with Crippen molar-refractivity contribution in [2.75, 3.05) is 37.7 Å². The normalized spacial score (nSPS) is 23.0. The highest BCUT2D eigenvalue weighted by atomic mass is 19.1. The van der Waals surface area contributed by atoms with Gasteiger partial charge in [-0.25, -0.2) is 4.39 Å². The van der Waals surface area contributed by atoms with E-state index in [4.69, 9.17) is 10.00 Å². The Balaban J connectivity index is 1.66. The van der Waals surface area contributed by atoms with Crippen LogP contribution in [0.2, 0.25) is 0 Å². The molecule has 0 N–H and O–H groups in total. The van der Waals surface area contributed by atoms with Crippen LogP contribution in [0.5, 0.6) is 0 Å². The van der Waals surface area contributed by atoms with Crippen LogP contribution in [0.15, 0.2) is 18.2 Å². The van der Waals surface area contributed by atoms with Gasteiger partial charge in [0.15, 0.2) is 0 Å². The van der Waals surface area contributed by atoms with E-state index in [0.29, 0.717) is 44.0 Å². The zero-order valence-corrected chi connectivity index (χ0v) is 11.6. The summed E-state index contributed by atoms with van der Waals surface area (Å²) in [6, 6.07) is 6.32. The van der Waals surface area contributed by atoms with E-state index in [1.807, 2.05) is 11.0 Å². The zero-order valence-electron chi connectivity index (χ0n) is 11.6. The lowest BCUT2D eigenvalue weighted by atomic mass is 10.1. The van der Waals surface area contributed by atoms with Crippen LogP contribution in [0.25, 0.3) is 0 Å². The molecule has 110 valence electrons. The van der Waals surface area contributed by atoms with Gasteiger partial charge in [-0.2, -0.15) is 5.26 Å². The zero-order chi connectivity index (χ0) is 14.8. The average Bonchev–Trinajstić information content (AvgIpc) is 2.93. The lowest BCUT2D eigenvalue weighted by Crippen LogP contribution is -2.51. The topological polar surface area (TPSA) is 56.6 Å². The number of hydrogen-bond acceptors (Lipinski definition) is 5. The van der Waals surface area contributed by atoms with E-state index >= 15 is 0 Å². The number of nitrogens with zero attached hydrogens (tertiary/aromatic N) is 3. The minimum Gasteiger partial charge on any atom is -0.464 e. The summed E-state index contributed by atoms with van der Waals surface area (Å²) < 4.78 is 19.0. The first-order chi connectivity index (χ1) is 10.2. The van der Waals surface area contributed by atoms with Crippen LogP contribution < -0.4 is 4.90 Å². The van der Waals surface area contributed by atoms with Crippen molar-refractivity contribution in [3.8, 4) is 6.07 Å². The molecule has 0 aliphatic carbocycles. The molecule has 2 heterocycles. The van der Waals surface area contributed by atoms with E-state index in [2.05, 4.69) is 4.90 Å². The lowest BCUT2D eigenvalue weighted by molar-refractivity contribution is -0.142. The number of rotatable bonds is 2. The first-order valence-electron chi connectivity index (χ1n) is 7.04. The van der Waals surface area contributed by atoms with Gasteiger partial charge in [0.2, 0.25) is 0 Å². The van der Waals surface area contributed by atoms with Gasteiger partial charge in [0.1, 0.15) is 11.9 Å². The molecule has 6 heteroatoms. The van der Waals surface area contributed by atoms with E-state index < -0.39 is 0 Å². The first kappa shape index (κ1) is 13.8. The van der Waals surface area contributed by atoms with Crippen molar-refractivity contribution in [2.24, 2.45) is 0 Å². The highest BCUT2D eigenvalue weighted by molar-refractivity contribution is 5.77. The second kappa shape index (κ2) is 5.70. The maximum Gasteiger partial charge on any atom is 0.323 e. The summed E-state index contributed by atoms with van der Waals surface area (Å²) >= 11 is 0. The molecular weight excluding hydrogens is 273 g/mol. The van der Waals surface area contributed by atoms with Crippen LogP contribution in [0.1, 0.15) is 12.0 Å². The molecule has 0 bridgehead atoms. The summed E-state index contributed by atoms with van der Waals surface area (Å²) in [6.07, 6.45) is 0.740. The maximum atomic E-state index is 14.0. The summed E-state index contributed by atoms with van der Waals surface area (Å²) in [7, 11) is 0. The molecule has 5 nitrogen and oxygen atoms in total. The van der Waals surface area contributed by atoms with E-state index in [-0.39, 0.29) is 17.8 Å². The Bertz CT molecular complexity index is 591. The molecular formula is C15H16FN3O2.